The van der Waals surface area contributed by atoms with E-state index in [0.29, 0.717) is 0 Å². The van der Waals surface area contributed by atoms with Crippen molar-refractivity contribution in [3.05, 3.63) is 59.7 Å². The van der Waals surface area contributed by atoms with Gasteiger partial charge in [0.1, 0.15) is 0 Å². The lowest BCUT2D eigenvalue weighted by Gasteiger charge is -2.07. The van der Waals surface area contributed by atoms with Gasteiger partial charge in [-0.05, 0) is 36.0 Å². The van der Waals surface area contributed by atoms with Crippen LogP contribution in [0.2, 0.25) is 0 Å². The smallest absolute Gasteiger partial charge is 0.0184 e. The predicted molar refractivity (Wildman–Crippen MR) is 75.2 cm³/mol. The van der Waals surface area contributed by atoms with Crippen LogP contribution in [0.5, 0.6) is 0 Å². The summed E-state index contributed by atoms with van der Waals surface area (Å²) in [7, 11) is 0. The van der Waals surface area contributed by atoms with Gasteiger partial charge in [-0.25, -0.2) is 0 Å². The SMILES string of the molecule is Cc1ccc(-c2ccc(CC(C)C)cc2)cc1. The molecule has 0 atom stereocenters. The van der Waals surface area contributed by atoms with Gasteiger partial charge in [0.15, 0.2) is 0 Å². The Labute approximate surface area is 104 Å². The van der Waals surface area contributed by atoms with Crippen LogP contribution in [0.1, 0.15) is 25.0 Å². The maximum absolute atomic E-state index is 2.26. The Balaban J connectivity index is 2.20. The predicted octanol–water partition coefficient (Wildman–Crippen LogP) is 4.86. The number of rotatable bonds is 3. The molecule has 0 aliphatic carbocycles. The normalized spacial score (nSPS) is 10.8. The highest BCUT2D eigenvalue weighted by Gasteiger charge is 2.00. The van der Waals surface area contributed by atoms with Crippen LogP contribution in [0, 0.1) is 12.8 Å². The highest BCUT2D eigenvalue weighted by Crippen LogP contribution is 2.21. The molecule has 88 valence electrons. The molecule has 0 N–H and O–H groups in total. The molecule has 0 spiro atoms. The van der Waals surface area contributed by atoms with Crippen LogP contribution < -0.4 is 0 Å². The minimum Gasteiger partial charge on any atom is -0.0625 e. The fraction of sp³-hybridized carbons (Fsp3) is 0.294. The Morgan fingerprint density at radius 1 is 0.765 bits per heavy atom. The third-order valence-corrected chi connectivity index (χ3v) is 2.98. The second kappa shape index (κ2) is 5.18. The zero-order chi connectivity index (χ0) is 12.3. The summed E-state index contributed by atoms with van der Waals surface area (Å²) in [5.41, 5.74) is 5.34. The van der Waals surface area contributed by atoms with E-state index in [1.807, 2.05) is 0 Å². The standard InChI is InChI=1S/C17H20/c1-13(2)12-15-6-10-17(11-7-15)16-8-4-14(3)5-9-16/h4-11,13H,12H2,1-3H3. The first kappa shape index (κ1) is 11.9. The molecule has 0 fully saturated rings. The first-order chi connectivity index (χ1) is 8.15. The van der Waals surface area contributed by atoms with Crippen molar-refractivity contribution in [3.8, 4) is 11.1 Å². The lowest BCUT2D eigenvalue weighted by atomic mass is 9.99. The minimum atomic E-state index is 0.722. The number of aryl methyl sites for hydroxylation is 1. The van der Waals surface area contributed by atoms with Gasteiger partial charge in [-0.3, -0.25) is 0 Å². The van der Waals surface area contributed by atoms with Gasteiger partial charge < -0.3 is 0 Å². The topological polar surface area (TPSA) is 0 Å². The summed E-state index contributed by atoms with van der Waals surface area (Å²) < 4.78 is 0. The zero-order valence-electron chi connectivity index (χ0n) is 10.9. The molecule has 0 saturated carbocycles. The Hall–Kier alpha value is -1.56. The van der Waals surface area contributed by atoms with Crippen LogP contribution in [0.4, 0.5) is 0 Å². The summed E-state index contributed by atoms with van der Waals surface area (Å²) in [6.45, 7) is 6.64. The lowest BCUT2D eigenvalue weighted by molar-refractivity contribution is 0.647. The Kier molecular flexibility index (Phi) is 3.63. The largest absolute Gasteiger partial charge is 0.0625 e. The van der Waals surface area contributed by atoms with Crippen molar-refractivity contribution in [2.75, 3.05) is 0 Å². The molecule has 0 heterocycles. The second-order valence-electron chi connectivity index (χ2n) is 5.16. The van der Waals surface area contributed by atoms with Gasteiger partial charge in [0.05, 0.1) is 0 Å². The number of hydrogen-bond acceptors (Lipinski definition) is 0. The Morgan fingerprint density at radius 2 is 1.24 bits per heavy atom. The monoisotopic (exact) mass is 224 g/mol. The van der Waals surface area contributed by atoms with Crippen molar-refractivity contribution >= 4 is 0 Å². The maximum Gasteiger partial charge on any atom is -0.0184 e. The summed E-state index contributed by atoms with van der Waals surface area (Å²) >= 11 is 0. The molecule has 0 bridgehead atoms. The van der Waals surface area contributed by atoms with Crippen LogP contribution in [-0.2, 0) is 6.42 Å². The van der Waals surface area contributed by atoms with E-state index in [4.69, 9.17) is 0 Å². The van der Waals surface area contributed by atoms with Crippen molar-refractivity contribution in [1.29, 1.82) is 0 Å². The van der Waals surface area contributed by atoms with E-state index in [9.17, 15) is 0 Å². The molecule has 0 aromatic heterocycles. The zero-order valence-corrected chi connectivity index (χ0v) is 10.9. The minimum absolute atomic E-state index is 0.722. The van der Waals surface area contributed by atoms with E-state index in [0.717, 1.165) is 12.3 Å². The molecule has 0 aliphatic rings. The molecule has 0 unspecified atom stereocenters. The molecule has 0 saturated heterocycles. The summed E-state index contributed by atoms with van der Waals surface area (Å²) in [5.74, 6) is 0.722. The average molecular weight is 224 g/mol. The number of hydrogen-bond donors (Lipinski definition) is 0. The fourth-order valence-corrected chi connectivity index (χ4v) is 2.05. The third kappa shape index (κ3) is 3.20. The van der Waals surface area contributed by atoms with E-state index in [-0.39, 0.29) is 0 Å². The van der Waals surface area contributed by atoms with Crippen molar-refractivity contribution < 1.29 is 0 Å². The van der Waals surface area contributed by atoms with Crippen LogP contribution in [0.25, 0.3) is 11.1 Å². The van der Waals surface area contributed by atoms with E-state index in [2.05, 4.69) is 69.3 Å². The van der Waals surface area contributed by atoms with Gasteiger partial charge in [-0.2, -0.15) is 0 Å². The summed E-state index contributed by atoms with van der Waals surface area (Å²) in [6.07, 6.45) is 1.16. The van der Waals surface area contributed by atoms with Crippen LogP contribution in [0.3, 0.4) is 0 Å². The molecule has 2 aromatic rings. The molecular formula is C17H20. The summed E-state index contributed by atoms with van der Waals surface area (Å²) in [6, 6.07) is 17.6. The molecule has 0 radical (unpaired) electrons. The van der Waals surface area contributed by atoms with Gasteiger partial charge in [0.25, 0.3) is 0 Å². The third-order valence-electron chi connectivity index (χ3n) is 2.98. The molecule has 0 heteroatoms. The van der Waals surface area contributed by atoms with Crippen molar-refractivity contribution in [3.63, 3.8) is 0 Å². The van der Waals surface area contributed by atoms with Crippen LogP contribution >= 0.6 is 0 Å². The molecule has 2 rings (SSSR count). The van der Waals surface area contributed by atoms with E-state index < -0.39 is 0 Å². The highest BCUT2D eigenvalue weighted by atomic mass is 14.0. The second-order valence-corrected chi connectivity index (χ2v) is 5.16. The highest BCUT2D eigenvalue weighted by molar-refractivity contribution is 5.63. The van der Waals surface area contributed by atoms with Gasteiger partial charge in [0.2, 0.25) is 0 Å². The van der Waals surface area contributed by atoms with E-state index >= 15 is 0 Å². The van der Waals surface area contributed by atoms with Gasteiger partial charge >= 0.3 is 0 Å². The fourth-order valence-electron chi connectivity index (χ4n) is 2.05. The number of benzene rings is 2. The summed E-state index contributed by atoms with van der Waals surface area (Å²) in [4.78, 5) is 0. The first-order valence-electron chi connectivity index (χ1n) is 6.31. The average Bonchev–Trinajstić information content (AvgIpc) is 2.30. The lowest BCUT2D eigenvalue weighted by Crippen LogP contribution is -1.93. The molecule has 0 nitrogen and oxygen atoms in total. The first-order valence-corrected chi connectivity index (χ1v) is 6.31. The van der Waals surface area contributed by atoms with Crippen LogP contribution in [-0.4, -0.2) is 0 Å². The van der Waals surface area contributed by atoms with Gasteiger partial charge in [0, 0.05) is 0 Å². The van der Waals surface area contributed by atoms with Crippen molar-refractivity contribution in [2.45, 2.75) is 27.2 Å². The Morgan fingerprint density at radius 3 is 1.71 bits per heavy atom. The van der Waals surface area contributed by atoms with Gasteiger partial charge in [-0.15, -0.1) is 0 Å². The molecule has 2 aromatic carbocycles. The molecular weight excluding hydrogens is 204 g/mol. The van der Waals surface area contributed by atoms with E-state index in [1.54, 1.807) is 0 Å². The molecule has 17 heavy (non-hydrogen) atoms. The van der Waals surface area contributed by atoms with Crippen molar-refractivity contribution in [2.24, 2.45) is 5.92 Å². The van der Waals surface area contributed by atoms with Crippen LogP contribution in [0.15, 0.2) is 48.5 Å². The molecule has 0 amide bonds. The van der Waals surface area contributed by atoms with E-state index in [1.165, 1.54) is 22.3 Å². The van der Waals surface area contributed by atoms with Crippen molar-refractivity contribution in [1.82, 2.24) is 0 Å². The Bertz CT molecular complexity index is 460. The van der Waals surface area contributed by atoms with Gasteiger partial charge in [-0.1, -0.05) is 67.9 Å². The summed E-state index contributed by atoms with van der Waals surface area (Å²) in [5, 5.41) is 0. The quantitative estimate of drug-likeness (QED) is 0.698. The maximum atomic E-state index is 2.26. The molecule has 0 aliphatic heterocycles.